The van der Waals surface area contributed by atoms with Crippen molar-refractivity contribution in [3.05, 3.63) is 54.0 Å². The smallest absolute Gasteiger partial charge is 0.325 e. The number of amides is 2. The molecule has 0 atom stereocenters. The van der Waals surface area contributed by atoms with E-state index in [1.807, 2.05) is 6.92 Å². The van der Waals surface area contributed by atoms with E-state index in [1.54, 1.807) is 18.2 Å². The second kappa shape index (κ2) is 9.91. The van der Waals surface area contributed by atoms with Crippen LogP contribution in [0.3, 0.4) is 0 Å². The lowest BCUT2D eigenvalue weighted by atomic mass is 10.1. The van der Waals surface area contributed by atoms with Gasteiger partial charge in [-0.05, 0) is 42.8 Å². The topological polar surface area (TPSA) is 115 Å². The van der Waals surface area contributed by atoms with Gasteiger partial charge in [0.1, 0.15) is 6.54 Å². The zero-order valence-electron chi connectivity index (χ0n) is 14.8. The van der Waals surface area contributed by atoms with Crippen LogP contribution in [0.15, 0.2) is 47.1 Å². The van der Waals surface area contributed by atoms with E-state index < -0.39 is 24.3 Å². The zero-order valence-corrected chi connectivity index (χ0v) is 14.8. The van der Waals surface area contributed by atoms with Crippen LogP contribution in [0, 0.1) is 0 Å². The first kappa shape index (κ1) is 19.9. The van der Waals surface area contributed by atoms with Crippen LogP contribution >= 0.6 is 0 Å². The number of benzene rings is 1. The maximum Gasteiger partial charge on any atom is 0.325 e. The summed E-state index contributed by atoms with van der Waals surface area (Å²) in [5.41, 5.74) is 0.929. The minimum absolute atomic E-state index is 0.0741. The number of ether oxygens (including phenoxy) is 1. The molecule has 2 N–H and O–H groups in total. The molecule has 1 aromatic heterocycles. The second-order valence-corrected chi connectivity index (χ2v) is 5.62. The molecule has 0 unspecified atom stereocenters. The summed E-state index contributed by atoms with van der Waals surface area (Å²) in [6.45, 7) is 1.08. The molecule has 8 nitrogen and oxygen atoms in total. The predicted octanol–water partition coefficient (Wildman–Crippen LogP) is 2.17. The summed E-state index contributed by atoms with van der Waals surface area (Å²) in [7, 11) is 0. The number of furan rings is 1. The highest BCUT2D eigenvalue weighted by Gasteiger charge is 2.13. The van der Waals surface area contributed by atoms with Gasteiger partial charge in [-0.2, -0.15) is 0 Å². The minimum atomic E-state index is -0.744. The quantitative estimate of drug-likeness (QED) is 0.515. The molecule has 0 bridgehead atoms. The molecule has 8 heteroatoms. The maximum atomic E-state index is 12.0. The summed E-state index contributed by atoms with van der Waals surface area (Å²) in [4.78, 5) is 46.8. The van der Waals surface area contributed by atoms with Crippen LogP contribution in [0.25, 0.3) is 0 Å². The van der Waals surface area contributed by atoms with Crippen molar-refractivity contribution in [2.75, 3.05) is 18.5 Å². The van der Waals surface area contributed by atoms with Gasteiger partial charge < -0.3 is 19.8 Å². The molecule has 2 rings (SSSR count). The number of rotatable bonds is 9. The summed E-state index contributed by atoms with van der Waals surface area (Å²) in [6.07, 6.45) is 2.51. The molecule has 142 valence electrons. The fraction of sp³-hybridized carbons (Fsp3) is 0.263. The van der Waals surface area contributed by atoms with E-state index in [0.717, 1.165) is 6.42 Å². The Bertz CT molecular complexity index is 796. The Kier molecular flexibility index (Phi) is 7.30. The van der Waals surface area contributed by atoms with E-state index >= 15 is 0 Å². The van der Waals surface area contributed by atoms with Crippen molar-refractivity contribution in [3.8, 4) is 0 Å². The van der Waals surface area contributed by atoms with Crippen LogP contribution in [0.5, 0.6) is 0 Å². The van der Waals surface area contributed by atoms with E-state index in [-0.39, 0.29) is 18.2 Å². The first-order chi connectivity index (χ1) is 13.0. The van der Waals surface area contributed by atoms with Gasteiger partial charge in [0, 0.05) is 17.7 Å². The molecule has 0 aliphatic rings. The Morgan fingerprint density at radius 1 is 1.07 bits per heavy atom. The van der Waals surface area contributed by atoms with Crippen LogP contribution in [0.2, 0.25) is 0 Å². The number of anilines is 1. The number of esters is 1. The van der Waals surface area contributed by atoms with Crippen LogP contribution in [0.1, 0.15) is 40.7 Å². The molecule has 2 amide bonds. The van der Waals surface area contributed by atoms with E-state index in [9.17, 15) is 19.2 Å². The molecule has 0 spiro atoms. The zero-order chi connectivity index (χ0) is 19.6. The van der Waals surface area contributed by atoms with Crippen molar-refractivity contribution in [1.82, 2.24) is 5.32 Å². The second-order valence-electron chi connectivity index (χ2n) is 5.62. The van der Waals surface area contributed by atoms with Gasteiger partial charge in [-0.25, -0.2) is 0 Å². The molecule has 1 heterocycles. The highest BCUT2D eigenvalue weighted by Crippen LogP contribution is 2.11. The monoisotopic (exact) mass is 372 g/mol. The number of carbonyl (C=O) groups excluding carboxylic acids is 4. The summed E-state index contributed by atoms with van der Waals surface area (Å²) < 4.78 is 9.74. The average Bonchev–Trinajstić information content (AvgIpc) is 3.20. The fourth-order valence-electron chi connectivity index (χ4n) is 2.12. The normalized spacial score (nSPS) is 10.1. The molecule has 0 aliphatic carbocycles. The Morgan fingerprint density at radius 2 is 1.81 bits per heavy atom. The molecule has 27 heavy (non-hydrogen) atoms. The van der Waals surface area contributed by atoms with Gasteiger partial charge in [0.05, 0.1) is 6.26 Å². The van der Waals surface area contributed by atoms with Gasteiger partial charge >= 0.3 is 5.97 Å². The molecule has 2 aromatic rings. The molecular formula is C19H20N2O6. The summed E-state index contributed by atoms with van der Waals surface area (Å²) in [5.74, 6) is -1.71. The average molecular weight is 372 g/mol. The van der Waals surface area contributed by atoms with E-state index in [4.69, 9.17) is 9.15 Å². The third kappa shape index (κ3) is 6.43. The summed E-state index contributed by atoms with van der Waals surface area (Å²) in [5, 5.41) is 5.04. The lowest BCUT2D eigenvalue weighted by molar-refractivity contribution is -0.141. The molecule has 0 saturated heterocycles. The Morgan fingerprint density at radius 3 is 2.44 bits per heavy atom. The van der Waals surface area contributed by atoms with Crippen molar-refractivity contribution in [2.45, 2.75) is 19.8 Å². The Hall–Kier alpha value is -3.42. The predicted molar refractivity (Wildman–Crippen MR) is 96.3 cm³/mol. The summed E-state index contributed by atoms with van der Waals surface area (Å²) in [6, 6.07) is 9.29. The molecule has 0 aliphatic heterocycles. The van der Waals surface area contributed by atoms with Crippen LogP contribution in [-0.2, 0) is 14.3 Å². The van der Waals surface area contributed by atoms with Gasteiger partial charge in [0.2, 0.25) is 5.91 Å². The first-order valence-electron chi connectivity index (χ1n) is 8.40. The Balaban J connectivity index is 1.75. The lowest BCUT2D eigenvalue weighted by Gasteiger charge is -2.07. The number of Topliss-reactive ketones (excluding diaryl/α,β-unsaturated/α-hetero) is 1. The van der Waals surface area contributed by atoms with Crippen molar-refractivity contribution >= 4 is 29.3 Å². The van der Waals surface area contributed by atoms with E-state index in [0.29, 0.717) is 17.7 Å². The summed E-state index contributed by atoms with van der Waals surface area (Å²) >= 11 is 0. The standard InChI is InChI=1S/C19H20N2O6/c1-2-4-17(23)21-14-8-6-13(7-9-14)15(22)12-27-18(24)11-20-19(25)16-5-3-10-26-16/h3,5-10H,2,4,11-12H2,1H3,(H,20,25)(H,21,23). The number of carbonyl (C=O) groups is 4. The lowest BCUT2D eigenvalue weighted by Crippen LogP contribution is -2.31. The number of ketones is 1. The van der Waals surface area contributed by atoms with Gasteiger partial charge in [-0.1, -0.05) is 6.92 Å². The molecule has 1 aromatic carbocycles. The number of nitrogens with one attached hydrogen (secondary N) is 2. The van der Waals surface area contributed by atoms with Crippen LogP contribution in [0.4, 0.5) is 5.69 Å². The molecule has 0 fully saturated rings. The molecule has 0 saturated carbocycles. The third-order valence-corrected chi connectivity index (χ3v) is 3.47. The van der Waals surface area contributed by atoms with Crippen molar-refractivity contribution < 1.29 is 28.3 Å². The van der Waals surface area contributed by atoms with E-state index in [1.165, 1.54) is 24.5 Å². The maximum absolute atomic E-state index is 12.0. The highest BCUT2D eigenvalue weighted by atomic mass is 16.5. The SMILES string of the molecule is CCCC(=O)Nc1ccc(C(=O)COC(=O)CNC(=O)c2ccco2)cc1. The van der Waals surface area contributed by atoms with Gasteiger partial charge in [-0.15, -0.1) is 0 Å². The van der Waals surface area contributed by atoms with Crippen molar-refractivity contribution in [2.24, 2.45) is 0 Å². The molecular weight excluding hydrogens is 352 g/mol. The fourth-order valence-corrected chi connectivity index (χ4v) is 2.12. The van der Waals surface area contributed by atoms with Crippen molar-refractivity contribution in [1.29, 1.82) is 0 Å². The number of hydrogen-bond acceptors (Lipinski definition) is 6. The number of hydrogen-bond donors (Lipinski definition) is 2. The van der Waals surface area contributed by atoms with E-state index in [2.05, 4.69) is 10.6 Å². The minimum Gasteiger partial charge on any atom is -0.459 e. The third-order valence-electron chi connectivity index (χ3n) is 3.47. The van der Waals surface area contributed by atoms with Gasteiger partial charge in [0.25, 0.3) is 5.91 Å². The van der Waals surface area contributed by atoms with Crippen LogP contribution < -0.4 is 10.6 Å². The largest absolute Gasteiger partial charge is 0.459 e. The first-order valence-corrected chi connectivity index (χ1v) is 8.40. The van der Waals surface area contributed by atoms with Gasteiger partial charge in [-0.3, -0.25) is 19.2 Å². The molecule has 0 radical (unpaired) electrons. The van der Waals surface area contributed by atoms with Crippen LogP contribution in [-0.4, -0.2) is 36.7 Å². The van der Waals surface area contributed by atoms with Gasteiger partial charge in [0.15, 0.2) is 18.2 Å². The van der Waals surface area contributed by atoms with Crippen molar-refractivity contribution in [3.63, 3.8) is 0 Å². The Labute approximate surface area is 155 Å². The highest BCUT2D eigenvalue weighted by molar-refractivity contribution is 5.99.